The molecule has 1 rings (SSSR count). The SMILES string of the molecule is CC(O)(CNC(=O)c1cc(Cl)nc(Cl)c1)C(=O)O. The van der Waals surface area contributed by atoms with Crippen molar-refractivity contribution in [2.24, 2.45) is 0 Å². The van der Waals surface area contributed by atoms with Crippen LogP contribution in [0.1, 0.15) is 17.3 Å². The summed E-state index contributed by atoms with van der Waals surface area (Å²) >= 11 is 11.2. The van der Waals surface area contributed by atoms with E-state index >= 15 is 0 Å². The fourth-order valence-corrected chi connectivity index (χ4v) is 1.49. The molecule has 0 saturated carbocycles. The lowest BCUT2D eigenvalue weighted by Crippen LogP contribution is -2.46. The maximum absolute atomic E-state index is 11.7. The van der Waals surface area contributed by atoms with Crippen LogP contribution in [-0.4, -0.2) is 39.2 Å². The highest BCUT2D eigenvalue weighted by atomic mass is 35.5. The number of pyridine rings is 1. The fraction of sp³-hybridized carbons (Fsp3) is 0.300. The van der Waals surface area contributed by atoms with Gasteiger partial charge in [0.2, 0.25) is 0 Å². The Hall–Kier alpha value is -1.37. The van der Waals surface area contributed by atoms with E-state index in [-0.39, 0.29) is 15.9 Å². The minimum absolute atomic E-state index is 0.0395. The number of hydrogen-bond acceptors (Lipinski definition) is 4. The number of nitrogens with zero attached hydrogens (tertiary/aromatic N) is 1. The van der Waals surface area contributed by atoms with Crippen molar-refractivity contribution in [2.75, 3.05) is 6.54 Å². The second kappa shape index (κ2) is 5.51. The van der Waals surface area contributed by atoms with E-state index in [9.17, 15) is 14.7 Å². The smallest absolute Gasteiger partial charge is 0.337 e. The molecule has 1 aromatic rings. The number of carboxylic acids is 1. The van der Waals surface area contributed by atoms with Crippen LogP contribution < -0.4 is 5.32 Å². The van der Waals surface area contributed by atoms with Crippen molar-refractivity contribution in [3.63, 3.8) is 0 Å². The summed E-state index contributed by atoms with van der Waals surface area (Å²) in [7, 11) is 0. The third kappa shape index (κ3) is 3.83. The topological polar surface area (TPSA) is 99.5 Å². The first kappa shape index (κ1) is 14.7. The van der Waals surface area contributed by atoms with Gasteiger partial charge in [0.25, 0.3) is 5.91 Å². The molecule has 6 nitrogen and oxygen atoms in total. The highest BCUT2D eigenvalue weighted by Crippen LogP contribution is 2.14. The van der Waals surface area contributed by atoms with E-state index in [0.29, 0.717) is 0 Å². The van der Waals surface area contributed by atoms with Crippen LogP contribution in [0.25, 0.3) is 0 Å². The number of carboxylic acid groups (broad SMARTS) is 1. The number of aromatic nitrogens is 1. The molecule has 0 fully saturated rings. The number of carbonyl (C=O) groups excluding carboxylic acids is 1. The van der Waals surface area contributed by atoms with Crippen LogP contribution in [0.15, 0.2) is 12.1 Å². The number of nitrogens with one attached hydrogen (secondary N) is 1. The number of rotatable bonds is 4. The molecule has 1 amide bonds. The van der Waals surface area contributed by atoms with Gasteiger partial charge in [-0.05, 0) is 19.1 Å². The summed E-state index contributed by atoms with van der Waals surface area (Å²) in [6.07, 6.45) is 0. The molecule has 0 bridgehead atoms. The maximum atomic E-state index is 11.7. The Balaban J connectivity index is 2.75. The molecule has 0 aromatic carbocycles. The van der Waals surface area contributed by atoms with Gasteiger partial charge in [-0.15, -0.1) is 0 Å². The van der Waals surface area contributed by atoms with Gasteiger partial charge in [-0.25, -0.2) is 9.78 Å². The Labute approximate surface area is 113 Å². The number of carbonyl (C=O) groups is 2. The van der Waals surface area contributed by atoms with E-state index in [1.807, 2.05) is 0 Å². The van der Waals surface area contributed by atoms with Crippen LogP contribution in [0.3, 0.4) is 0 Å². The summed E-state index contributed by atoms with van der Waals surface area (Å²) in [5, 5.41) is 20.4. The lowest BCUT2D eigenvalue weighted by Gasteiger charge is -2.18. The number of hydrogen-bond donors (Lipinski definition) is 3. The molecule has 0 spiro atoms. The van der Waals surface area contributed by atoms with Crippen molar-refractivity contribution in [3.8, 4) is 0 Å². The number of aliphatic hydroxyl groups is 1. The zero-order valence-corrected chi connectivity index (χ0v) is 10.8. The first-order valence-electron chi connectivity index (χ1n) is 4.79. The summed E-state index contributed by atoms with van der Waals surface area (Å²) in [6.45, 7) is 0.626. The predicted molar refractivity (Wildman–Crippen MR) is 64.8 cm³/mol. The highest BCUT2D eigenvalue weighted by Gasteiger charge is 2.30. The molecule has 1 unspecified atom stereocenters. The van der Waals surface area contributed by atoms with E-state index in [1.54, 1.807) is 0 Å². The van der Waals surface area contributed by atoms with Crippen LogP contribution in [0, 0.1) is 0 Å². The number of halogens is 2. The predicted octanol–water partition coefficient (Wildman–Crippen LogP) is 0.954. The first-order valence-corrected chi connectivity index (χ1v) is 5.55. The van der Waals surface area contributed by atoms with E-state index in [4.69, 9.17) is 28.3 Å². The minimum atomic E-state index is -2.05. The van der Waals surface area contributed by atoms with E-state index < -0.39 is 24.0 Å². The molecule has 0 radical (unpaired) electrons. The van der Waals surface area contributed by atoms with Crippen molar-refractivity contribution in [1.29, 1.82) is 0 Å². The second-order valence-corrected chi connectivity index (χ2v) is 4.54. The summed E-state index contributed by atoms with van der Waals surface area (Å²) in [5.74, 6) is -2.05. The fourth-order valence-electron chi connectivity index (χ4n) is 1.03. The van der Waals surface area contributed by atoms with Crippen molar-refractivity contribution in [3.05, 3.63) is 28.0 Å². The summed E-state index contributed by atoms with van der Waals surface area (Å²) in [4.78, 5) is 25.9. The van der Waals surface area contributed by atoms with Gasteiger partial charge in [0.05, 0.1) is 6.54 Å². The second-order valence-electron chi connectivity index (χ2n) is 3.76. The van der Waals surface area contributed by atoms with Gasteiger partial charge in [-0.3, -0.25) is 4.79 Å². The van der Waals surface area contributed by atoms with Gasteiger partial charge in [0.1, 0.15) is 10.3 Å². The van der Waals surface area contributed by atoms with Crippen LogP contribution in [0.5, 0.6) is 0 Å². The largest absolute Gasteiger partial charge is 0.479 e. The zero-order valence-electron chi connectivity index (χ0n) is 9.28. The Kier molecular flexibility index (Phi) is 4.50. The lowest BCUT2D eigenvalue weighted by molar-refractivity contribution is -0.155. The van der Waals surface area contributed by atoms with E-state index in [1.165, 1.54) is 12.1 Å². The Morgan fingerprint density at radius 3 is 2.33 bits per heavy atom. The number of amides is 1. The monoisotopic (exact) mass is 292 g/mol. The molecule has 0 saturated heterocycles. The molecular formula is C10H10Cl2N2O4. The Morgan fingerprint density at radius 2 is 1.89 bits per heavy atom. The zero-order chi connectivity index (χ0) is 13.9. The van der Waals surface area contributed by atoms with Crippen molar-refractivity contribution in [1.82, 2.24) is 10.3 Å². The highest BCUT2D eigenvalue weighted by molar-refractivity contribution is 6.33. The van der Waals surface area contributed by atoms with Gasteiger partial charge in [-0.1, -0.05) is 23.2 Å². The van der Waals surface area contributed by atoms with Crippen molar-refractivity contribution < 1.29 is 19.8 Å². The van der Waals surface area contributed by atoms with Crippen LogP contribution >= 0.6 is 23.2 Å². The average Bonchev–Trinajstić information content (AvgIpc) is 2.24. The normalized spacial score (nSPS) is 13.8. The van der Waals surface area contributed by atoms with Crippen LogP contribution in [-0.2, 0) is 4.79 Å². The molecule has 18 heavy (non-hydrogen) atoms. The molecule has 3 N–H and O–H groups in total. The molecule has 8 heteroatoms. The first-order chi connectivity index (χ1) is 8.22. The lowest BCUT2D eigenvalue weighted by atomic mass is 10.1. The quantitative estimate of drug-likeness (QED) is 0.718. The van der Waals surface area contributed by atoms with Gasteiger partial charge in [0.15, 0.2) is 5.60 Å². The number of aliphatic carboxylic acids is 1. The molecule has 0 aliphatic carbocycles. The average molecular weight is 293 g/mol. The summed E-state index contributed by atoms with van der Waals surface area (Å²) in [5.41, 5.74) is -1.92. The molecule has 0 aliphatic rings. The van der Waals surface area contributed by atoms with Crippen molar-refractivity contribution >= 4 is 35.1 Å². The van der Waals surface area contributed by atoms with E-state index in [0.717, 1.165) is 6.92 Å². The Bertz CT molecular complexity index is 471. The minimum Gasteiger partial charge on any atom is -0.479 e. The van der Waals surface area contributed by atoms with E-state index in [2.05, 4.69) is 10.3 Å². The summed E-state index contributed by atoms with van der Waals surface area (Å²) < 4.78 is 0. The third-order valence-electron chi connectivity index (χ3n) is 2.08. The standard InChI is InChI=1S/C10H10Cl2N2O4/c1-10(18,9(16)17)4-13-8(15)5-2-6(11)14-7(12)3-5/h2-3,18H,4H2,1H3,(H,13,15)(H,16,17). The van der Waals surface area contributed by atoms with Crippen LogP contribution in [0.4, 0.5) is 0 Å². The molecule has 98 valence electrons. The molecular weight excluding hydrogens is 283 g/mol. The molecule has 0 aliphatic heterocycles. The maximum Gasteiger partial charge on any atom is 0.337 e. The van der Waals surface area contributed by atoms with Gasteiger partial charge in [-0.2, -0.15) is 0 Å². The van der Waals surface area contributed by atoms with Gasteiger partial charge < -0.3 is 15.5 Å². The van der Waals surface area contributed by atoms with Crippen LogP contribution in [0.2, 0.25) is 10.3 Å². The summed E-state index contributed by atoms with van der Waals surface area (Å²) in [6, 6.07) is 2.55. The van der Waals surface area contributed by atoms with Gasteiger partial charge >= 0.3 is 5.97 Å². The van der Waals surface area contributed by atoms with Gasteiger partial charge in [0, 0.05) is 5.56 Å². The molecule has 1 atom stereocenters. The third-order valence-corrected chi connectivity index (χ3v) is 2.47. The Morgan fingerprint density at radius 1 is 1.39 bits per heavy atom. The van der Waals surface area contributed by atoms with Crippen molar-refractivity contribution in [2.45, 2.75) is 12.5 Å². The molecule has 1 aromatic heterocycles. The molecule has 1 heterocycles.